The molecule has 0 aromatic heterocycles. The summed E-state index contributed by atoms with van der Waals surface area (Å²) in [7, 11) is 0. The predicted molar refractivity (Wildman–Crippen MR) is 51.7 cm³/mol. The zero-order valence-corrected chi connectivity index (χ0v) is 8.03. The topological polar surface area (TPSA) is 66.4 Å². The molecule has 0 spiro atoms. The molecule has 4 heteroatoms. The molecule has 78 valence electrons. The maximum absolute atomic E-state index is 10.9. The molecule has 1 aliphatic rings. The molecule has 0 saturated heterocycles. The van der Waals surface area contributed by atoms with E-state index in [2.05, 4.69) is 11.9 Å². The van der Waals surface area contributed by atoms with Crippen LogP contribution < -0.4 is 5.32 Å². The first-order valence-corrected chi connectivity index (χ1v) is 4.79. The van der Waals surface area contributed by atoms with E-state index < -0.39 is 5.97 Å². The fraction of sp³-hybridized carbons (Fsp3) is 0.600. The fourth-order valence-corrected chi connectivity index (χ4v) is 1.74. The Labute approximate surface area is 83.0 Å². The lowest BCUT2D eigenvalue weighted by molar-refractivity contribution is -0.142. The molecule has 0 unspecified atom stereocenters. The third kappa shape index (κ3) is 2.87. The highest BCUT2D eigenvalue weighted by Gasteiger charge is 2.26. The van der Waals surface area contributed by atoms with Gasteiger partial charge in [0, 0.05) is 6.04 Å². The molecule has 0 bridgehead atoms. The van der Waals surface area contributed by atoms with Gasteiger partial charge in [-0.2, -0.15) is 0 Å². The Hall–Kier alpha value is -1.32. The lowest BCUT2D eigenvalue weighted by Gasteiger charge is -2.26. The Kier molecular flexibility index (Phi) is 3.68. The summed E-state index contributed by atoms with van der Waals surface area (Å²) in [5, 5.41) is 11.5. The first-order valence-electron chi connectivity index (χ1n) is 4.79. The molecular weight excluding hydrogens is 182 g/mol. The van der Waals surface area contributed by atoms with E-state index in [1.54, 1.807) is 0 Å². The van der Waals surface area contributed by atoms with Gasteiger partial charge >= 0.3 is 5.97 Å². The second-order valence-electron chi connectivity index (χ2n) is 3.60. The zero-order valence-electron chi connectivity index (χ0n) is 8.03. The molecule has 1 saturated carbocycles. The van der Waals surface area contributed by atoms with Gasteiger partial charge in [0.05, 0.1) is 5.92 Å². The molecule has 1 amide bonds. The molecule has 1 aliphatic carbocycles. The van der Waals surface area contributed by atoms with E-state index in [0.717, 1.165) is 12.8 Å². The van der Waals surface area contributed by atoms with E-state index in [4.69, 9.17) is 5.11 Å². The van der Waals surface area contributed by atoms with Crippen LogP contribution in [0.1, 0.15) is 25.7 Å². The summed E-state index contributed by atoms with van der Waals surface area (Å²) < 4.78 is 0. The van der Waals surface area contributed by atoms with Crippen LogP contribution >= 0.6 is 0 Å². The van der Waals surface area contributed by atoms with Crippen LogP contribution in [0.25, 0.3) is 0 Å². The van der Waals surface area contributed by atoms with Crippen molar-refractivity contribution >= 4 is 11.9 Å². The number of rotatable bonds is 3. The Morgan fingerprint density at radius 1 is 1.29 bits per heavy atom. The van der Waals surface area contributed by atoms with Crippen molar-refractivity contribution in [3.05, 3.63) is 12.7 Å². The smallest absolute Gasteiger partial charge is 0.306 e. The maximum atomic E-state index is 10.9. The van der Waals surface area contributed by atoms with E-state index in [-0.39, 0.29) is 17.9 Å². The van der Waals surface area contributed by atoms with Crippen molar-refractivity contribution in [3.63, 3.8) is 0 Å². The number of carbonyl (C=O) groups is 2. The number of nitrogens with one attached hydrogen (secondary N) is 1. The number of hydrogen-bond donors (Lipinski definition) is 2. The van der Waals surface area contributed by atoms with Crippen molar-refractivity contribution in [3.8, 4) is 0 Å². The summed E-state index contributed by atoms with van der Waals surface area (Å²) in [6, 6.07) is 0.121. The standard InChI is InChI=1S/C10H15NO3/c1-2-9(12)11-8-5-3-7(4-6-8)10(13)14/h2,7-8H,1,3-6H2,(H,11,12)(H,13,14)/t7-,8-. The van der Waals surface area contributed by atoms with Gasteiger partial charge in [0.25, 0.3) is 0 Å². The van der Waals surface area contributed by atoms with Crippen LogP contribution in [0.15, 0.2) is 12.7 Å². The molecule has 0 aromatic rings. The van der Waals surface area contributed by atoms with Crippen molar-refractivity contribution < 1.29 is 14.7 Å². The summed E-state index contributed by atoms with van der Waals surface area (Å²) >= 11 is 0. The average Bonchev–Trinajstić information content (AvgIpc) is 2.18. The molecule has 1 rings (SSSR count). The monoisotopic (exact) mass is 197 g/mol. The Morgan fingerprint density at radius 3 is 2.29 bits per heavy atom. The summed E-state index contributed by atoms with van der Waals surface area (Å²) in [4.78, 5) is 21.6. The highest BCUT2D eigenvalue weighted by Crippen LogP contribution is 2.24. The number of carboxylic acids is 1. The van der Waals surface area contributed by atoms with Crippen LogP contribution in [0.2, 0.25) is 0 Å². The third-order valence-electron chi connectivity index (χ3n) is 2.61. The molecule has 1 fully saturated rings. The van der Waals surface area contributed by atoms with Gasteiger partial charge in [-0.05, 0) is 31.8 Å². The molecule has 0 radical (unpaired) electrons. The van der Waals surface area contributed by atoms with Gasteiger partial charge in [-0.3, -0.25) is 9.59 Å². The minimum absolute atomic E-state index is 0.121. The molecule has 0 heterocycles. The summed E-state index contributed by atoms with van der Waals surface area (Å²) in [5.41, 5.74) is 0. The quantitative estimate of drug-likeness (QED) is 0.661. The van der Waals surface area contributed by atoms with Crippen LogP contribution in [-0.4, -0.2) is 23.0 Å². The van der Waals surface area contributed by atoms with Crippen molar-refractivity contribution in [2.75, 3.05) is 0 Å². The van der Waals surface area contributed by atoms with Gasteiger partial charge in [0.15, 0.2) is 0 Å². The van der Waals surface area contributed by atoms with Crippen molar-refractivity contribution in [2.24, 2.45) is 5.92 Å². The van der Waals surface area contributed by atoms with Crippen LogP contribution in [0, 0.1) is 5.92 Å². The number of carbonyl (C=O) groups excluding carboxylic acids is 1. The fourth-order valence-electron chi connectivity index (χ4n) is 1.74. The van der Waals surface area contributed by atoms with Crippen LogP contribution in [0.4, 0.5) is 0 Å². The molecule has 0 atom stereocenters. The van der Waals surface area contributed by atoms with Crippen molar-refractivity contribution in [2.45, 2.75) is 31.7 Å². The van der Waals surface area contributed by atoms with Gasteiger partial charge in [-0.15, -0.1) is 0 Å². The van der Waals surface area contributed by atoms with Gasteiger partial charge in [-0.1, -0.05) is 6.58 Å². The Morgan fingerprint density at radius 2 is 1.86 bits per heavy atom. The van der Waals surface area contributed by atoms with E-state index >= 15 is 0 Å². The van der Waals surface area contributed by atoms with Gasteiger partial charge in [0.1, 0.15) is 0 Å². The number of amides is 1. The SMILES string of the molecule is C=CC(=O)N[C@H]1CC[C@H](C(=O)O)CC1. The summed E-state index contributed by atoms with van der Waals surface area (Å²) in [5.74, 6) is -1.13. The predicted octanol–water partition coefficient (Wildman–Crippen LogP) is 0.932. The summed E-state index contributed by atoms with van der Waals surface area (Å²) in [6.07, 6.45) is 4.03. The lowest BCUT2D eigenvalue weighted by atomic mass is 9.86. The molecule has 0 aromatic carbocycles. The minimum Gasteiger partial charge on any atom is -0.481 e. The third-order valence-corrected chi connectivity index (χ3v) is 2.61. The number of carboxylic acid groups (broad SMARTS) is 1. The van der Waals surface area contributed by atoms with Gasteiger partial charge < -0.3 is 10.4 Å². The van der Waals surface area contributed by atoms with Crippen LogP contribution in [0.3, 0.4) is 0 Å². The molecule has 2 N–H and O–H groups in total. The normalized spacial score (nSPS) is 26.6. The number of aliphatic carboxylic acids is 1. The molecular formula is C10H15NO3. The average molecular weight is 197 g/mol. The second-order valence-corrected chi connectivity index (χ2v) is 3.60. The minimum atomic E-state index is -0.724. The Bertz CT molecular complexity index is 242. The van der Waals surface area contributed by atoms with Gasteiger partial charge in [-0.25, -0.2) is 0 Å². The van der Waals surface area contributed by atoms with Crippen LogP contribution in [-0.2, 0) is 9.59 Å². The van der Waals surface area contributed by atoms with E-state index in [1.165, 1.54) is 6.08 Å². The molecule has 4 nitrogen and oxygen atoms in total. The highest BCUT2D eigenvalue weighted by atomic mass is 16.4. The van der Waals surface area contributed by atoms with E-state index in [9.17, 15) is 9.59 Å². The largest absolute Gasteiger partial charge is 0.481 e. The zero-order chi connectivity index (χ0) is 10.6. The first-order chi connectivity index (χ1) is 6.63. The second kappa shape index (κ2) is 4.79. The molecule has 0 aliphatic heterocycles. The summed E-state index contributed by atoms with van der Waals surface area (Å²) in [6.45, 7) is 3.36. The molecule has 14 heavy (non-hydrogen) atoms. The van der Waals surface area contributed by atoms with Crippen molar-refractivity contribution in [1.82, 2.24) is 5.32 Å². The maximum Gasteiger partial charge on any atom is 0.306 e. The van der Waals surface area contributed by atoms with Crippen molar-refractivity contribution in [1.29, 1.82) is 0 Å². The first kappa shape index (κ1) is 10.8. The van der Waals surface area contributed by atoms with Crippen LogP contribution in [0.5, 0.6) is 0 Å². The number of hydrogen-bond acceptors (Lipinski definition) is 2. The van der Waals surface area contributed by atoms with E-state index in [1.807, 2.05) is 0 Å². The van der Waals surface area contributed by atoms with E-state index in [0.29, 0.717) is 12.8 Å². The highest BCUT2D eigenvalue weighted by molar-refractivity contribution is 5.87. The van der Waals surface area contributed by atoms with Gasteiger partial charge in [0.2, 0.25) is 5.91 Å². The Balaban J connectivity index is 2.32. The lowest BCUT2D eigenvalue weighted by Crippen LogP contribution is -2.37.